The molecule has 1 heterocycles. The number of hydrogen-bond acceptors (Lipinski definition) is 3. The van der Waals surface area contributed by atoms with Crippen LogP contribution < -0.4 is 0 Å². The summed E-state index contributed by atoms with van der Waals surface area (Å²) in [5, 5.41) is 8.88. The molecule has 6 nitrogen and oxygen atoms in total. The van der Waals surface area contributed by atoms with Gasteiger partial charge in [-0.1, -0.05) is 0 Å². The first-order valence-electron chi connectivity index (χ1n) is 7.00. The number of aliphatic carboxylic acids is 1. The second-order valence-electron chi connectivity index (χ2n) is 5.65. The minimum atomic E-state index is -0.960. The third-order valence-electron chi connectivity index (χ3n) is 3.82. The van der Waals surface area contributed by atoms with Crippen molar-refractivity contribution in [2.45, 2.75) is 38.8 Å². The van der Waals surface area contributed by atoms with Gasteiger partial charge in [-0.25, -0.2) is 4.79 Å². The highest BCUT2D eigenvalue weighted by atomic mass is 16.4. The van der Waals surface area contributed by atoms with Crippen LogP contribution in [-0.2, 0) is 4.79 Å². The predicted molar refractivity (Wildman–Crippen MR) is 71.0 cm³/mol. The van der Waals surface area contributed by atoms with Crippen molar-refractivity contribution in [3.63, 3.8) is 0 Å². The number of urea groups is 1. The van der Waals surface area contributed by atoms with E-state index >= 15 is 0 Å². The first-order valence-corrected chi connectivity index (χ1v) is 7.00. The molecule has 0 spiro atoms. The van der Waals surface area contributed by atoms with Crippen molar-refractivity contribution in [3.05, 3.63) is 0 Å². The number of rotatable bonds is 4. The number of carbonyl (C=O) groups excluding carboxylic acids is 1. The van der Waals surface area contributed by atoms with E-state index < -0.39 is 5.97 Å². The molecule has 2 fully saturated rings. The molecule has 2 rings (SSSR count). The molecule has 0 atom stereocenters. The lowest BCUT2D eigenvalue weighted by molar-refractivity contribution is -0.138. The number of carboxylic acid groups (broad SMARTS) is 1. The minimum absolute atomic E-state index is 0.0925. The molecular formula is C13H23N3O3. The molecule has 108 valence electrons. The maximum atomic E-state index is 12.3. The fraction of sp³-hybridized carbons (Fsp3) is 0.846. The number of hydrogen-bond donors (Lipinski definition) is 1. The van der Waals surface area contributed by atoms with E-state index in [-0.39, 0.29) is 18.6 Å². The molecule has 1 N–H and O–H groups in total. The Morgan fingerprint density at radius 3 is 2.21 bits per heavy atom. The Balaban J connectivity index is 1.88. The largest absolute Gasteiger partial charge is 0.480 e. The van der Waals surface area contributed by atoms with Gasteiger partial charge in [-0.3, -0.25) is 9.69 Å². The topological polar surface area (TPSA) is 64.1 Å². The van der Waals surface area contributed by atoms with Crippen molar-refractivity contribution in [1.29, 1.82) is 0 Å². The summed E-state index contributed by atoms with van der Waals surface area (Å²) in [5.41, 5.74) is 0. The molecule has 19 heavy (non-hydrogen) atoms. The van der Waals surface area contributed by atoms with E-state index in [4.69, 9.17) is 5.11 Å². The van der Waals surface area contributed by atoms with E-state index in [0.717, 1.165) is 19.1 Å². The second-order valence-corrected chi connectivity index (χ2v) is 5.65. The lowest BCUT2D eigenvalue weighted by atomic mass is 10.3. The van der Waals surface area contributed by atoms with Crippen molar-refractivity contribution in [2.24, 2.45) is 0 Å². The van der Waals surface area contributed by atoms with Crippen LogP contribution in [0.25, 0.3) is 0 Å². The Hall–Kier alpha value is -1.30. The maximum Gasteiger partial charge on any atom is 0.323 e. The van der Waals surface area contributed by atoms with Gasteiger partial charge >= 0.3 is 12.0 Å². The molecule has 1 saturated heterocycles. The fourth-order valence-electron chi connectivity index (χ4n) is 2.52. The van der Waals surface area contributed by atoms with Gasteiger partial charge in [0, 0.05) is 38.3 Å². The van der Waals surface area contributed by atoms with E-state index in [0.29, 0.717) is 13.1 Å². The molecule has 0 aromatic rings. The van der Waals surface area contributed by atoms with E-state index in [1.807, 2.05) is 13.8 Å². The normalized spacial score (nSPS) is 20.7. The SMILES string of the molecule is CC(C)N(CC(=O)O)C(=O)N1CCN(C2CC2)CC1. The van der Waals surface area contributed by atoms with Gasteiger partial charge in [-0.05, 0) is 26.7 Å². The van der Waals surface area contributed by atoms with Crippen LogP contribution in [-0.4, -0.2) is 76.6 Å². The molecule has 0 unspecified atom stereocenters. The van der Waals surface area contributed by atoms with Crippen LogP contribution in [0.1, 0.15) is 26.7 Å². The van der Waals surface area contributed by atoms with Gasteiger partial charge in [0.05, 0.1) is 0 Å². The summed E-state index contributed by atoms with van der Waals surface area (Å²) in [4.78, 5) is 28.8. The van der Waals surface area contributed by atoms with Crippen LogP contribution in [0.4, 0.5) is 4.79 Å². The van der Waals surface area contributed by atoms with Crippen LogP contribution in [0.2, 0.25) is 0 Å². The molecule has 0 radical (unpaired) electrons. The molecule has 1 aliphatic heterocycles. The summed E-state index contributed by atoms with van der Waals surface area (Å²) < 4.78 is 0. The maximum absolute atomic E-state index is 12.3. The van der Waals surface area contributed by atoms with E-state index in [2.05, 4.69) is 4.90 Å². The van der Waals surface area contributed by atoms with Gasteiger partial charge < -0.3 is 14.9 Å². The van der Waals surface area contributed by atoms with Crippen LogP contribution >= 0.6 is 0 Å². The van der Waals surface area contributed by atoms with Crippen molar-refractivity contribution < 1.29 is 14.7 Å². The van der Waals surface area contributed by atoms with E-state index in [1.165, 1.54) is 17.7 Å². The number of carbonyl (C=O) groups is 2. The van der Waals surface area contributed by atoms with Crippen molar-refractivity contribution in [3.8, 4) is 0 Å². The molecule has 1 saturated carbocycles. The van der Waals surface area contributed by atoms with Crippen LogP contribution in [0.15, 0.2) is 0 Å². The highest BCUT2D eigenvalue weighted by molar-refractivity contribution is 5.80. The first kappa shape index (κ1) is 14.1. The third-order valence-corrected chi connectivity index (χ3v) is 3.82. The zero-order valence-corrected chi connectivity index (χ0v) is 11.7. The van der Waals surface area contributed by atoms with Gasteiger partial charge in [0.25, 0.3) is 0 Å². The monoisotopic (exact) mass is 269 g/mol. The van der Waals surface area contributed by atoms with Crippen molar-refractivity contribution in [2.75, 3.05) is 32.7 Å². The van der Waals surface area contributed by atoms with Crippen LogP contribution in [0, 0.1) is 0 Å². The third kappa shape index (κ3) is 3.59. The number of amides is 2. The Morgan fingerprint density at radius 1 is 1.21 bits per heavy atom. The Kier molecular flexibility index (Phi) is 4.29. The van der Waals surface area contributed by atoms with Crippen LogP contribution in [0.3, 0.4) is 0 Å². The standard InChI is InChI=1S/C13H23N3O3/c1-10(2)16(9-12(17)18)13(19)15-7-5-14(6-8-15)11-3-4-11/h10-11H,3-9H2,1-2H3,(H,17,18). The summed E-state index contributed by atoms with van der Waals surface area (Å²) in [6.07, 6.45) is 2.57. The highest BCUT2D eigenvalue weighted by Gasteiger charge is 2.33. The lowest BCUT2D eigenvalue weighted by Crippen LogP contribution is -2.55. The Bertz CT molecular complexity index is 347. The van der Waals surface area contributed by atoms with Gasteiger partial charge in [-0.2, -0.15) is 0 Å². The summed E-state index contributed by atoms with van der Waals surface area (Å²) in [6.45, 7) is 6.71. The van der Waals surface area contributed by atoms with E-state index in [9.17, 15) is 9.59 Å². The van der Waals surface area contributed by atoms with Gasteiger partial charge in [0.1, 0.15) is 6.54 Å². The zero-order chi connectivity index (χ0) is 14.0. The van der Waals surface area contributed by atoms with E-state index in [1.54, 1.807) is 4.90 Å². The fourth-order valence-corrected chi connectivity index (χ4v) is 2.52. The zero-order valence-electron chi connectivity index (χ0n) is 11.7. The van der Waals surface area contributed by atoms with Gasteiger partial charge in [0.15, 0.2) is 0 Å². The first-order chi connectivity index (χ1) is 8.99. The molecule has 2 aliphatic rings. The highest BCUT2D eigenvalue weighted by Crippen LogP contribution is 2.27. The van der Waals surface area contributed by atoms with Crippen LogP contribution in [0.5, 0.6) is 0 Å². The minimum Gasteiger partial charge on any atom is -0.480 e. The number of piperazine rings is 1. The summed E-state index contributed by atoms with van der Waals surface area (Å²) in [6, 6.07) is 0.496. The molecule has 2 amide bonds. The smallest absolute Gasteiger partial charge is 0.323 e. The Morgan fingerprint density at radius 2 is 1.79 bits per heavy atom. The molecule has 0 aromatic heterocycles. The second kappa shape index (κ2) is 5.77. The number of nitrogens with zero attached hydrogens (tertiary/aromatic N) is 3. The van der Waals surface area contributed by atoms with Crippen molar-refractivity contribution >= 4 is 12.0 Å². The molecule has 6 heteroatoms. The number of carboxylic acids is 1. The quantitative estimate of drug-likeness (QED) is 0.815. The van der Waals surface area contributed by atoms with Gasteiger partial charge in [-0.15, -0.1) is 0 Å². The Labute approximate surface area is 114 Å². The molecule has 0 aromatic carbocycles. The average molecular weight is 269 g/mol. The molecule has 1 aliphatic carbocycles. The van der Waals surface area contributed by atoms with Crippen molar-refractivity contribution in [1.82, 2.24) is 14.7 Å². The molecular weight excluding hydrogens is 246 g/mol. The van der Waals surface area contributed by atoms with Gasteiger partial charge in [0.2, 0.25) is 0 Å². The summed E-state index contributed by atoms with van der Waals surface area (Å²) in [5.74, 6) is -0.960. The predicted octanol–water partition coefficient (Wildman–Crippen LogP) is 0.681. The average Bonchev–Trinajstić information content (AvgIpc) is 3.19. The molecule has 0 bridgehead atoms. The summed E-state index contributed by atoms with van der Waals surface area (Å²) >= 11 is 0. The summed E-state index contributed by atoms with van der Waals surface area (Å²) in [7, 11) is 0. The lowest BCUT2D eigenvalue weighted by Gasteiger charge is -2.38.